The molecule has 1 aromatic rings. The predicted molar refractivity (Wildman–Crippen MR) is 57.6 cm³/mol. The van der Waals surface area contributed by atoms with Crippen molar-refractivity contribution in [3.05, 3.63) is 28.2 Å². The second kappa shape index (κ2) is 5.72. The van der Waals surface area contributed by atoms with E-state index >= 15 is 0 Å². The molecule has 0 atom stereocenters. The summed E-state index contributed by atoms with van der Waals surface area (Å²) in [6.45, 7) is -0.223. The predicted octanol–water partition coefficient (Wildman–Crippen LogP) is 1.49. The summed E-state index contributed by atoms with van der Waals surface area (Å²) in [4.78, 5) is 10.8. The van der Waals surface area contributed by atoms with E-state index in [2.05, 4.69) is 20.7 Å². The van der Waals surface area contributed by atoms with E-state index in [0.717, 1.165) is 4.47 Å². The standard InChI is InChI=1S/C10H11BrO4/c1-14-10(13)6-15-8-2-3-9(11)7(4-8)5-12/h2-4,12H,5-6H2,1H3. The number of ether oxygens (including phenoxy) is 2. The zero-order valence-corrected chi connectivity index (χ0v) is 9.78. The van der Waals surface area contributed by atoms with E-state index in [-0.39, 0.29) is 13.2 Å². The molecule has 0 aliphatic carbocycles. The van der Waals surface area contributed by atoms with Crippen LogP contribution in [-0.4, -0.2) is 24.8 Å². The molecule has 0 fully saturated rings. The van der Waals surface area contributed by atoms with Crippen LogP contribution in [0.2, 0.25) is 0 Å². The van der Waals surface area contributed by atoms with Crippen molar-refractivity contribution in [1.82, 2.24) is 0 Å². The van der Waals surface area contributed by atoms with Crippen molar-refractivity contribution >= 4 is 21.9 Å². The summed E-state index contributed by atoms with van der Waals surface area (Å²) in [5, 5.41) is 8.99. The van der Waals surface area contributed by atoms with Crippen molar-refractivity contribution in [3.63, 3.8) is 0 Å². The van der Waals surface area contributed by atoms with Crippen LogP contribution in [0, 0.1) is 0 Å². The average molecular weight is 275 g/mol. The number of esters is 1. The molecule has 0 heterocycles. The number of hydrogen-bond acceptors (Lipinski definition) is 4. The summed E-state index contributed by atoms with van der Waals surface area (Å²) in [5.41, 5.74) is 0.706. The van der Waals surface area contributed by atoms with Crippen LogP contribution < -0.4 is 4.74 Å². The van der Waals surface area contributed by atoms with Crippen LogP contribution in [-0.2, 0) is 16.1 Å². The third-order valence-electron chi connectivity index (χ3n) is 1.77. The first-order chi connectivity index (χ1) is 7.17. The minimum Gasteiger partial charge on any atom is -0.482 e. The summed E-state index contributed by atoms with van der Waals surface area (Å²) >= 11 is 3.28. The van der Waals surface area contributed by atoms with Gasteiger partial charge in [-0.15, -0.1) is 0 Å². The maximum atomic E-state index is 10.8. The molecule has 0 saturated heterocycles. The zero-order chi connectivity index (χ0) is 11.3. The molecule has 0 aliphatic heterocycles. The third-order valence-corrected chi connectivity index (χ3v) is 2.55. The second-order valence-corrected chi connectivity index (χ2v) is 3.63. The van der Waals surface area contributed by atoms with Crippen molar-refractivity contribution < 1.29 is 19.4 Å². The molecule has 0 aromatic heterocycles. The highest BCUT2D eigenvalue weighted by molar-refractivity contribution is 9.10. The lowest BCUT2D eigenvalue weighted by Crippen LogP contribution is -2.12. The fraction of sp³-hybridized carbons (Fsp3) is 0.300. The molecule has 0 amide bonds. The Hall–Kier alpha value is -1.07. The number of benzene rings is 1. The number of carbonyl (C=O) groups is 1. The SMILES string of the molecule is COC(=O)COc1ccc(Br)c(CO)c1. The minimum absolute atomic E-state index is 0.0873. The van der Waals surface area contributed by atoms with Gasteiger partial charge in [0.15, 0.2) is 6.61 Å². The molecule has 0 saturated carbocycles. The highest BCUT2D eigenvalue weighted by Gasteiger charge is 2.04. The monoisotopic (exact) mass is 274 g/mol. The number of rotatable bonds is 4. The summed E-state index contributed by atoms with van der Waals surface area (Å²) in [5.74, 6) is 0.0797. The van der Waals surface area contributed by atoms with E-state index in [0.29, 0.717) is 11.3 Å². The van der Waals surface area contributed by atoms with Gasteiger partial charge >= 0.3 is 5.97 Å². The Balaban J connectivity index is 2.66. The number of aliphatic hydroxyl groups is 1. The summed E-state index contributed by atoms with van der Waals surface area (Å²) in [7, 11) is 1.30. The Morgan fingerprint density at radius 2 is 2.27 bits per heavy atom. The molecule has 82 valence electrons. The first kappa shape index (κ1) is 12.0. The molecule has 0 spiro atoms. The summed E-state index contributed by atoms with van der Waals surface area (Å²) in [6.07, 6.45) is 0. The molecule has 0 bridgehead atoms. The van der Waals surface area contributed by atoms with Gasteiger partial charge in [-0.05, 0) is 23.8 Å². The molecule has 15 heavy (non-hydrogen) atoms. The van der Waals surface area contributed by atoms with E-state index in [1.165, 1.54) is 7.11 Å². The third kappa shape index (κ3) is 3.53. The molecule has 0 radical (unpaired) electrons. The Morgan fingerprint density at radius 3 is 2.87 bits per heavy atom. The van der Waals surface area contributed by atoms with Gasteiger partial charge in [-0.3, -0.25) is 0 Å². The van der Waals surface area contributed by atoms with Gasteiger partial charge in [-0.1, -0.05) is 15.9 Å². The number of aliphatic hydroxyl groups excluding tert-OH is 1. The number of methoxy groups -OCH3 is 1. The Labute approximate surface area is 95.9 Å². The van der Waals surface area contributed by atoms with Crippen LogP contribution >= 0.6 is 15.9 Å². The van der Waals surface area contributed by atoms with E-state index < -0.39 is 5.97 Å². The van der Waals surface area contributed by atoms with Gasteiger partial charge in [0.1, 0.15) is 5.75 Å². The van der Waals surface area contributed by atoms with Gasteiger partial charge in [0.25, 0.3) is 0 Å². The summed E-state index contributed by atoms with van der Waals surface area (Å²) in [6, 6.07) is 5.11. The topological polar surface area (TPSA) is 55.8 Å². The first-order valence-corrected chi connectivity index (χ1v) is 5.05. The van der Waals surface area contributed by atoms with Crippen molar-refractivity contribution in [2.45, 2.75) is 6.61 Å². The highest BCUT2D eigenvalue weighted by atomic mass is 79.9. The van der Waals surface area contributed by atoms with Gasteiger partial charge < -0.3 is 14.6 Å². The normalized spacial score (nSPS) is 9.80. The van der Waals surface area contributed by atoms with Crippen molar-refractivity contribution in [2.75, 3.05) is 13.7 Å². The molecule has 5 heteroatoms. The number of carbonyl (C=O) groups excluding carboxylic acids is 1. The van der Waals surface area contributed by atoms with Gasteiger partial charge in [0.05, 0.1) is 13.7 Å². The summed E-state index contributed by atoms with van der Waals surface area (Å²) < 4.78 is 10.4. The second-order valence-electron chi connectivity index (χ2n) is 2.78. The first-order valence-electron chi connectivity index (χ1n) is 4.26. The lowest BCUT2D eigenvalue weighted by molar-refractivity contribution is -0.142. The van der Waals surface area contributed by atoms with E-state index in [9.17, 15) is 4.79 Å². The van der Waals surface area contributed by atoms with Crippen molar-refractivity contribution in [1.29, 1.82) is 0 Å². The lowest BCUT2D eigenvalue weighted by Gasteiger charge is -2.07. The molecular formula is C10H11BrO4. The smallest absolute Gasteiger partial charge is 0.343 e. The Morgan fingerprint density at radius 1 is 1.53 bits per heavy atom. The van der Waals surface area contributed by atoms with Gasteiger partial charge in [-0.2, -0.15) is 0 Å². The maximum Gasteiger partial charge on any atom is 0.343 e. The maximum absolute atomic E-state index is 10.8. The molecule has 1 rings (SSSR count). The van der Waals surface area contributed by atoms with Crippen molar-refractivity contribution in [2.24, 2.45) is 0 Å². The van der Waals surface area contributed by atoms with Crippen molar-refractivity contribution in [3.8, 4) is 5.75 Å². The zero-order valence-electron chi connectivity index (χ0n) is 8.20. The van der Waals surface area contributed by atoms with Gasteiger partial charge in [0.2, 0.25) is 0 Å². The Bertz CT molecular complexity index is 351. The van der Waals surface area contributed by atoms with Crippen LogP contribution in [0.1, 0.15) is 5.56 Å². The number of halogens is 1. The van der Waals surface area contributed by atoms with Crippen LogP contribution in [0.5, 0.6) is 5.75 Å². The number of hydrogen-bond donors (Lipinski definition) is 1. The van der Waals surface area contributed by atoms with Crippen LogP contribution in [0.25, 0.3) is 0 Å². The molecule has 4 nitrogen and oxygen atoms in total. The van der Waals surface area contributed by atoms with Gasteiger partial charge in [0, 0.05) is 4.47 Å². The fourth-order valence-electron chi connectivity index (χ4n) is 0.963. The largest absolute Gasteiger partial charge is 0.482 e. The minimum atomic E-state index is -0.441. The molecule has 1 aromatic carbocycles. The Kier molecular flexibility index (Phi) is 4.58. The van der Waals surface area contributed by atoms with Gasteiger partial charge in [-0.25, -0.2) is 4.79 Å². The molecule has 1 N–H and O–H groups in total. The van der Waals surface area contributed by atoms with Crippen LogP contribution in [0.15, 0.2) is 22.7 Å². The van der Waals surface area contributed by atoms with Crippen LogP contribution in [0.4, 0.5) is 0 Å². The van der Waals surface area contributed by atoms with E-state index in [1.54, 1.807) is 18.2 Å². The quantitative estimate of drug-likeness (QED) is 0.846. The lowest BCUT2D eigenvalue weighted by atomic mass is 10.2. The van der Waals surface area contributed by atoms with E-state index in [4.69, 9.17) is 9.84 Å². The highest BCUT2D eigenvalue weighted by Crippen LogP contribution is 2.22. The molecular weight excluding hydrogens is 264 g/mol. The van der Waals surface area contributed by atoms with E-state index in [1.807, 2.05) is 0 Å². The molecule has 0 unspecified atom stereocenters. The van der Waals surface area contributed by atoms with Crippen LogP contribution in [0.3, 0.4) is 0 Å². The fourth-order valence-corrected chi connectivity index (χ4v) is 1.34. The average Bonchev–Trinajstić information content (AvgIpc) is 2.27. The molecule has 0 aliphatic rings.